The summed E-state index contributed by atoms with van der Waals surface area (Å²) >= 11 is 0. The second kappa shape index (κ2) is 5.71. The van der Waals surface area contributed by atoms with Gasteiger partial charge in [-0.15, -0.1) is 0 Å². The van der Waals surface area contributed by atoms with E-state index >= 15 is 0 Å². The minimum absolute atomic E-state index is 0.0583. The van der Waals surface area contributed by atoms with Crippen LogP contribution in [0.25, 0.3) is 5.65 Å². The van der Waals surface area contributed by atoms with E-state index in [4.69, 9.17) is 9.84 Å². The predicted molar refractivity (Wildman–Crippen MR) is 70.1 cm³/mol. The molecule has 0 saturated heterocycles. The van der Waals surface area contributed by atoms with Gasteiger partial charge in [0.1, 0.15) is 0 Å². The molecule has 1 amide bonds. The number of fused-ring (bicyclic) bond motifs is 1. The van der Waals surface area contributed by atoms with Crippen molar-refractivity contribution in [1.82, 2.24) is 14.3 Å². The molecule has 0 spiro atoms. The Morgan fingerprint density at radius 3 is 3.11 bits per heavy atom. The maximum atomic E-state index is 11.7. The number of aromatic nitrogens is 2. The van der Waals surface area contributed by atoms with E-state index in [0.717, 1.165) is 5.69 Å². The van der Waals surface area contributed by atoms with Crippen LogP contribution in [0.4, 0.5) is 0 Å². The summed E-state index contributed by atoms with van der Waals surface area (Å²) in [6.45, 7) is 2.07. The minimum Gasteiger partial charge on any atom is -0.480 e. The molecule has 2 aromatic heterocycles. The van der Waals surface area contributed by atoms with Gasteiger partial charge in [0.2, 0.25) is 0 Å². The van der Waals surface area contributed by atoms with Crippen LogP contribution in [-0.4, -0.2) is 52.1 Å². The van der Waals surface area contributed by atoms with Gasteiger partial charge in [0.05, 0.1) is 12.3 Å². The highest BCUT2D eigenvalue weighted by molar-refractivity contribution is 5.77. The van der Waals surface area contributed by atoms with E-state index < -0.39 is 0 Å². The second-order valence-corrected chi connectivity index (χ2v) is 4.31. The average molecular weight is 263 g/mol. The molecule has 0 atom stereocenters. The molecule has 102 valence electrons. The van der Waals surface area contributed by atoms with Crippen LogP contribution < -0.4 is 4.74 Å². The largest absolute Gasteiger partial charge is 0.480 e. The number of aliphatic hydroxyl groups excluding tert-OH is 1. The first-order valence-corrected chi connectivity index (χ1v) is 6.03. The Kier molecular flexibility index (Phi) is 4.01. The van der Waals surface area contributed by atoms with Crippen LogP contribution in [0, 0.1) is 6.92 Å². The maximum absolute atomic E-state index is 11.7. The molecule has 0 aromatic carbocycles. The second-order valence-electron chi connectivity index (χ2n) is 4.31. The first-order valence-electron chi connectivity index (χ1n) is 6.03. The Morgan fingerprint density at radius 1 is 1.58 bits per heavy atom. The average Bonchev–Trinajstić information content (AvgIpc) is 2.76. The highest BCUT2D eigenvalue weighted by Crippen LogP contribution is 2.18. The monoisotopic (exact) mass is 263 g/mol. The Labute approximate surface area is 111 Å². The topological polar surface area (TPSA) is 67.1 Å². The van der Waals surface area contributed by atoms with Gasteiger partial charge in [0, 0.05) is 26.0 Å². The number of pyridine rings is 1. The van der Waals surface area contributed by atoms with Crippen LogP contribution in [0.3, 0.4) is 0 Å². The summed E-state index contributed by atoms with van der Waals surface area (Å²) in [6, 6.07) is 3.62. The van der Waals surface area contributed by atoms with Crippen molar-refractivity contribution < 1.29 is 14.6 Å². The molecule has 2 heterocycles. The van der Waals surface area contributed by atoms with Gasteiger partial charge in [0.25, 0.3) is 5.91 Å². The van der Waals surface area contributed by atoms with E-state index in [9.17, 15) is 4.79 Å². The zero-order valence-corrected chi connectivity index (χ0v) is 11.0. The van der Waals surface area contributed by atoms with Gasteiger partial charge in [-0.25, -0.2) is 4.98 Å². The van der Waals surface area contributed by atoms with Crippen molar-refractivity contribution >= 4 is 11.6 Å². The lowest BCUT2D eigenvalue weighted by atomic mass is 10.4. The summed E-state index contributed by atoms with van der Waals surface area (Å²) in [4.78, 5) is 17.5. The van der Waals surface area contributed by atoms with Gasteiger partial charge in [-0.3, -0.25) is 4.79 Å². The quantitative estimate of drug-likeness (QED) is 0.851. The third kappa shape index (κ3) is 3.03. The molecule has 1 N–H and O–H groups in total. The predicted octanol–water partition coefficient (Wildman–Crippen LogP) is 0.472. The van der Waals surface area contributed by atoms with Crippen LogP contribution in [-0.2, 0) is 4.79 Å². The molecular formula is C13H17N3O3. The fourth-order valence-electron chi connectivity index (χ4n) is 1.75. The highest BCUT2D eigenvalue weighted by atomic mass is 16.5. The van der Waals surface area contributed by atoms with Gasteiger partial charge < -0.3 is 19.1 Å². The third-order valence-electron chi connectivity index (χ3n) is 2.78. The van der Waals surface area contributed by atoms with Crippen molar-refractivity contribution in [2.24, 2.45) is 0 Å². The van der Waals surface area contributed by atoms with Crippen molar-refractivity contribution in [2.45, 2.75) is 6.92 Å². The van der Waals surface area contributed by atoms with Crippen LogP contribution in [0.1, 0.15) is 5.69 Å². The highest BCUT2D eigenvalue weighted by Gasteiger charge is 2.11. The number of rotatable bonds is 5. The van der Waals surface area contributed by atoms with Gasteiger partial charge >= 0.3 is 0 Å². The normalized spacial score (nSPS) is 10.7. The van der Waals surface area contributed by atoms with Crippen molar-refractivity contribution in [3.63, 3.8) is 0 Å². The molecule has 0 radical (unpaired) electrons. The molecule has 0 aliphatic heterocycles. The van der Waals surface area contributed by atoms with Crippen LogP contribution >= 0.6 is 0 Å². The minimum atomic E-state index is -0.181. The van der Waals surface area contributed by atoms with Crippen LogP contribution in [0.5, 0.6) is 5.75 Å². The summed E-state index contributed by atoms with van der Waals surface area (Å²) in [5.41, 5.74) is 1.58. The Morgan fingerprint density at radius 2 is 2.37 bits per heavy atom. The van der Waals surface area contributed by atoms with Crippen molar-refractivity contribution in [3.05, 3.63) is 30.2 Å². The number of hydrogen-bond acceptors (Lipinski definition) is 4. The summed E-state index contributed by atoms with van der Waals surface area (Å²) < 4.78 is 7.36. The number of amides is 1. The number of ether oxygens (including phenoxy) is 1. The SMILES string of the molecule is Cc1cn2cccc(OCC(=O)N(C)CCO)c2n1. The molecule has 6 nitrogen and oxygen atoms in total. The number of aliphatic hydroxyl groups is 1. The zero-order valence-electron chi connectivity index (χ0n) is 11.0. The fourth-order valence-corrected chi connectivity index (χ4v) is 1.75. The van der Waals surface area contributed by atoms with Gasteiger partial charge in [-0.1, -0.05) is 0 Å². The third-order valence-corrected chi connectivity index (χ3v) is 2.78. The van der Waals surface area contributed by atoms with Gasteiger partial charge in [-0.2, -0.15) is 0 Å². The Balaban J connectivity index is 2.07. The molecule has 19 heavy (non-hydrogen) atoms. The molecular weight excluding hydrogens is 246 g/mol. The van der Waals surface area contributed by atoms with E-state index in [2.05, 4.69) is 4.98 Å². The van der Waals surface area contributed by atoms with E-state index in [-0.39, 0.29) is 19.1 Å². The number of nitrogens with zero attached hydrogens (tertiary/aromatic N) is 3. The molecule has 2 aromatic rings. The fraction of sp³-hybridized carbons (Fsp3) is 0.385. The number of aryl methyl sites for hydroxylation is 1. The van der Waals surface area contributed by atoms with Crippen LogP contribution in [0.2, 0.25) is 0 Å². The Bertz CT molecular complexity index is 580. The van der Waals surface area contributed by atoms with E-state index in [1.807, 2.05) is 29.8 Å². The summed E-state index contributed by atoms with van der Waals surface area (Å²) in [7, 11) is 1.63. The Hall–Kier alpha value is -2.08. The molecule has 0 bridgehead atoms. The molecule has 0 saturated carbocycles. The lowest BCUT2D eigenvalue weighted by Gasteiger charge is -2.16. The van der Waals surface area contributed by atoms with Crippen LogP contribution in [0.15, 0.2) is 24.5 Å². The molecule has 2 rings (SSSR count). The smallest absolute Gasteiger partial charge is 0.260 e. The summed E-state index contributed by atoms with van der Waals surface area (Å²) in [5, 5.41) is 8.77. The molecule has 0 unspecified atom stereocenters. The summed E-state index contributed by atoms with van der Waals surface area (Å²) in [5.74, 6) is 0.390. The summed E-state index contributed by atoms with van der Waals surface area (Å²) in [6.07, 6.45) is 3.77. The number of likely N-dealkylation sites (N-methyl/N-ethyl adjacent to an activating group) is 1. The van der Waals surface area contributed by atoms with E-state index in [1.54, 1.807) is 13.1 Å². The standard InChI is InChI=1S/C13H17N3O3/c1-10-8-16-5-3-4-11(13(16)14-10)19-9-12(18)15(2)6-7-17/h3-5,8,17H,6-7,9H2,1-2H3. The number of imidazole rings is 1. The molecule has 0 aliphatic rings. The van der Waals surface area contributed by atoms with Crippen molar-refractivity contribution in [3.8, 4) is 5.75 Å². The lowest BCUT2D eigenvalue weighted by Crippen LogP contribution is -2.33. The van der Waals surface area contributed by atoms with E-state index in [1.165, 1.54) is 4.90 Å². The molecule has 0 fully saturated rings. The van der Waals surface area contributed by atoms with Gasteiger partial charge in [0.15, 0.2) is 18.0 Å². The number of carbonyl (C=O) groups is 1. The van der Waals surface area contributed by atoms with E-state index in [0.29, 0.717) is 17.9 Å². The first-order chi connectivity index (χ1) is 9.11. The number of carbonyl (C=O) groups excluding carboxylic acids is 1. The van der Waals surface area contributed by atoms with Gasteiger partial charge in [-0.05, 0) is 19.1 Å². The van der Waals surface area contributed by atoms with Crippen molar-refractivity contribution in [1.29, 1.82) is 0 Å². The lowest BCUT2D eigenvalue weighted by molar-refractivity contribution is -0.132. The number of hydrogen-bond donors (Lipinski definition) is 1. The first kappa shape index (κ1) is 13.4. The maximum Gasteiger partial charge on any atom is 0.260 e. The zero-order chi connectivity index (χ0) is 13.8. The van der Waals surface area contributed by atoms with Crippen molar-refractivity contribution in [2.75, 3.05) is 26.8 Å². The molecule has 6 heteroatoms. The molecule has 0 aliphatic carbocycles.